The number of hydrogen-bond acceptors (Lipinski definition) is 4. The van der Waals surface area contributed by atoms with Crippen LogP contribution in [0, 0.1) is 0 Å². The molecule has 3 rings (SSSR count). The molecule has 0 saturated heterocycles. The van der Waals surface area contributed by atoms with Crippen LogP contribution in [0.4, 0.5) is 0 Å². The molecule has 0 spiro atoms. The molecule has 142 valence electrons. The molecule has 1 atom stereocenters. The Kier molecular flexibility index (Phi) is 6.45. The first kappa shape index (κ1) is 19.6. The lowest BCUT2D eigenvalue weighted by Crippen LogP contribution is -2.24. The van der Waals surface area contributed by atoms with Crippen LogP contribution in [0.3, 0.4) is 0 Å². The van der Waals surface area contributed by atoms with Gasteiger partial charge in [-0.05, 0) is 61.0 Å². The van der Waals surface area contributed by atoms with E-state index in [-0.39, 0.29) is 5.78 Å². The summed E-state index contributed by atoms with van der Waals surface area (Å²) in [5.74, 6) is -0.206. The Balaban J connectivity index is 1.56. The Morgan fingerprint density at radius 2 is 1.46 bits per heavy atom. The summed E-state index contributed by atoms with van der Waals surface area (Å²) >= 11 is 5.82. The van der Waals surface area contributed by atoms with Gasteiger partial charge in [0, 0.05) is 10.6 Å². The SMILES string of the molecule is C[C@@H](OC(=O)c1ccc(OCc2ccccc2)cc1)C(=O)c1ccc(Cl)cc1. The summed E-state index contributed by atoms with van der Waals surface area (Å²) in [6, 6.07) is 22.9. The van der Waals surface area contributed by atoms with Crippen molar-refractivity contribution in [2.24, 2.45) is 0 Å². The predicted octanol–water partition coefficient (Wildman–Crippen LogP) is 5.35. The smallest absolute Gasteiger partial charge is 0.338 e. The Morgan fingerprint density at radius 1 is 0.857 bits per heavy atom. The third-order valence-corrected chi connectivity index (χ3v) is 4.37. The topological polar surface area (TPSA) is 52.6 Å². The summed E-state index contributed by atoms with van der Waals surface area (Å²) in [4.78, 5) is 24.7. The molecule has 0 amide bonds. The lowest BCUT2D eigenvalue weighted by atomic mass is 10.1. The number of esters is 1. The maximum atomic E-state index is 12.4. The minimum Gasteiger partial charge on any atom is -0.489 e. The summed E-state index contributed by atoms with van der Waals surface area (Å²) in [7, 11) is 0. The standard InChI is InChI=1S/C23H19ClO4/c1-16(22(25)18-7-11-20(24)12-8-18)28-23(26)19-9-13-21(14-10-19)27-15-17-5-3-2-4-6-17/h2-14,16H,15H2,1H3/t16-/m1/s1. The van der Waals surface area contributed by atoms with Crippen LogP contribution in [0.2, 0.25) is 5.02 Å². The molecule has 0 aliphatic heterocycles. The van der Waals surface area contributed by atoms with E-state index in [4.69, 9.17) is 21.1 Å². The fourth-order valence-corrected chi connectivity index (χ4v) is 2.69. The molecule has 0 saturated carbocycles. The fourth-order valence-electron chi connectivity index (χ4n) is 2.56. The first-order valence-corrected chi connectivity index (χ1v) is 9.18. The average Bonchev–Trinajstić information content (AvgIpc) is 2.73. The van der Waals surface area contributed by atoms with Crippen molar-refractivity contribution in [2.45, 2.75) is 19.6 Å². The molecule has 0 aliphatic carbocycles. The zero-order valence-electron chi connectivity index (χ0n) is 15.3. The summed E-state index contributed by atoms with van der Waals surface area (Å²) in [6.07, 6.45) is -0.900. The fraction of sp³-hybridized carbons (Fsp3) is 0.130. The van der Waals surface area contributed by atoms with Crippen LogP contribution in [0.15, 0.2) is 78.9 Å². The molecule has 5 heteroatoms. The molecule has 0 aromatic heterocycles. The number of carbonyl (C=O) groups is 2. The number of Topliss-reactive ketones (excluding diaryl/α,β-unsaturated/α-hetero) is 1. The first-order valence-electron chi connectivity index (χ1n) is 8.80. The second-order valence-electron chi connectivity index (χ2n) is 6.22. The van der Waals surface area contributed by atoms with Crippen LogP contribution in [0.5, 0.6) is 5.75 Å². The van der Waals surface area contributed by atoms with Gasteiger partial charge in [0.25, 0.3) is 0 Å². The summed E-state index contributed by atoms with van der Waals surface area (Å²) < 4.78 is 11.0. The van der Waals surface area contributed by atoms with Crippen molar-refractivity contribution in [3.8, 4) is 5.75 Å². The molecule has 0 bridgehead atoms. The molecule has 0 aliphatic rings. The Bertz CT molecular complexity index is 935. The number of hydrogen-bond donors (Lipinski definition) is 0. The molecule has 0 N–H and O–H groups in total. The molecule has 0 unspecified atom stereocenters. The zero-order chi connectivity index (χ0) is 19.9. The predicted molar refractivity (Wildman–Crippen MR) is 108 cm³/mol. The van der Waals surface area contributed by atoms with E-state index in [2.05, 4.69) is 0 Å². The molecule has 0 radical (unpaired) electrons. The van der Waals surface area contributed by atoms with Crippen molar-refractivity contribution in [2.75, 3.05) is 0 Å². The number of rotatable bonds is 7. The third-order valence-electron chi connectivity index (χ3n) is 4.12. The van der Waals surface area contributed by atoms with Crippen molar-refractivity contribution in [3.63, 3.8) is 0 Å². The van der Waals surface area contributed by atoms with Crippen LogP contribution in [0.1, 0.15) is 33.2 Å². The number of ether oxygens (including phenoxy) is 2. The minimum atomic E-state index is -0.900. The van der Waals surface area contributed by atoms with Gasteiger partial charge >= 0.3 is 5.97 Å². The maximum absolute atomic E-state index is 12.4. The van der Waals surface area contributed by atoms with Crippen LogP contribution in [-0.4, -0.2) is 17.9 Å². The Hall–Kier alpha value is -3.11. The highest BCUT2D eigenvalue weighted by molar-refractivity contribution is 6.30. The van der Waals surface area contributed by atoms with Crippen molar-refractivity contribution < 1.29 is 19.1 Å². The number of benzene rings is 3. The van der Waals surface area contributed by atoms with Gasteiger partial charge in [-0.2, -0.15) is 0 Å². The van der Waals surface area contributed by atoms with Crippen molar-refractivity contribution in [3.05, 3.63) is 101 Å². The highest BCUT2D eigenvalue weighted by atomic mass is 35.5. The van der Waals surface area contributed by atoms with E-state index in [1.54, 1.807) is 55.5 Å². The van der Waals surface area contributed by atoms with Crippen LogP contribution < -0.4 is 4.74 Å². The highest BCUT2D eigenvalue weighted by Crippen LogP contribution is 2.17. The number of halogens is 1. The third kappa shape index (κ3) is 5.21. The maximum Gasteiger partial charge on any atom is 0.338 e. The molecule has 0 fully saturated rings. The molecule has 0 heterocycles. The summed E-state index contributed by atoms with van der Waals surface area (Å²) in [6.45, 7) is 1.99. The van der Waals surface area contributed by atoms with E-state index in [0.717, 1.165) is 5.56 Å². The van der Waals surface area contributed by atoms with Gasteiger partial charge in [0.05, 0.1) is 5.56 Å². The van der Waals surface area contributed by atoms with Gasteiger partial charge in [-0.15, -0.1) is 0 Å². The van der Waals surface area contributed by atoms with Crippen molar-refractivity contribution >= 4 is 23.4 Å². The molecule has 28 heavy (non-hydrogen) atoms. The molecular formula is C23H19ClO4. The molecule has 3 aromatic carbocycles. The van der Waals surface area contributed by atoms with Crippen LogP contribution in [-0.2, 0) is 11.3 Å². The van der Waals surface area contributed by atoms with Crippen molar-refractivity contribution in [1.82, 2.24) is 0 Å². The summed E-state index contributed by atoms with van der Waals surface area (Å²) in [5, 5.41) is 0.538. The average molecular weight is 395 g/mol. The minimum absolute atomic E-state index is 0.284. The van der Waals surface area contributed by atoms with Gasteiger partial charge < -0.3 is 9.47 Å². The van der Waals surface area contributed by atoms with Crippen molar-refractivity contribution in [1.29, 1.82) is 0 Å². The largest absolute Gasteiger partial charge is 0.489 e. The molecular weight excluding hydrogens is 376 g/mol. The molecule has 4 nitrogen and oxygen atoms in total. The van der Waals surface area contributed by atoms with Gasteiger partial charge in [0.15, 0.2) is 6.10 Å². The van der Waals surface area contributed by atoms with E-state index in [1.807, 2.05) is 30.3 Å². The van der Waals surface area contributed by atoms with E-state index in [9.17, 15) is 9.59 Å². The monoisotopic (exact) mass is 394 g/mol. The van der Waals surface area contributed by atoms with Crippen LogP contribution in [0.25, 0.3) is 0 Å². The second kappa shape index (κ2) is 9.20. The lowest BCUT2D eigenvalue weighted by molar-refractivity contribution is 0.0319. The zero-order valence-corrected chi connectivity index (χ0v) is 16.1. The number of ketones is 1. The van der Waals surface area contributed by atoms with E-state index in [1.165, 1.54) is 0 Å². The Labute approximate surface area is 168 Å². The second-order valence-corrected chi connectivity index (χ2v) is 6.65. The normalized spacial score (nSPS) is 11.5. The van der Waals surface area contributed by atoms with Gasteiger partial charge in [0.1, 0.15) is 12.4 Å². The molecule has 3 aromatic rings. The quantitative estimate of drug-likeness (QED) is 0.400. The van der Waals surface area contributed by atoms with E-state index in [0.29, 0.717) is 28.5 Å². The van der Waals surface area contributed by atoms with Gasteiger partial charge in [0.2, 0.25) is 5.78 Å². The Morgan fingerprint density at radius 3 is 2.11 bits per heavy atom. The summed E-state index contributed by atoms with van der Waals surface area (Å²) in [5.41, 5.74) is 1.85. The van der Waals surface area contributed by atoms with Gasteiger partial charge in [-0.1, -0.05) is 41.9 Å². The van der Waals surface area contributed by atoms with E-state index >= 15 is 0 Å². The van der Waals surface area contributed by atoms with Crippen LogP contribution >= 0.6 is 11.6 Å². The van der Waals surface area contributed by atoms with Gasteiger partial charge in [-0.25, -0.2) is 4.79 Å². The highest BCUT2D eigenvalue weighted by Gasteiger charge is 2.20. The van der Waals surface area contributed by atoms with Gasteiger partial charge in [-0.3, -0.25) is 4.79 Å². The first-order chi connectivity index (χ1) is 13.5. The lowest BCUT2D eigenvalue weighted by Gasteiger charge is -2.13. The number of carbonyl (C=O) groups excluding carboxylic acids is 2. The van der Waals surface area contributed by atoms with E-state index < -0.39 is 12.1 Å².